The van der Waals surface area contributed by atoms with Crippen LogP contribution in [0, 0.1) is 70.5 Å². The molecule has 0 saturated heterocycles. The minimum atomic E-state index is -0.332. The van der Waals surface area contributed by atoms with Crippen LogP contribution in [0.5, 0.6) is 0 Å². The van der Waals surface area contributed by atoms with Crippen molar-refractivity contribution in [1.82, 2.24) is 19.1 Å². The van der Waals surface area contributed by atoms with E-state index in [9.17, 15) is 9.59 Å². The molecule has 1 unspecified atom stereocenters. The third kappa shape index (κ3) is 4.07. The summed E-state index contributed by atoms with van der Waals surface area (Å²) in [5.74, 6) is 4.07. The molecule has 7 nitrogen and oxygen atoms in total. The predicted octanol–water partition coefficient (Wildman–Crippen LogP) is 9.05. The molecule has 250 valence electrons. The molecule has 5 fully saturated rings. The molecule has 7 heteroatoms. The maximum Gasteiger partial charge on any atom is 0.419 e. The van der Waals surface area contributed by atoms with Gasteiger partial charge in [-0.2, -0.15) is 0 Å². The van der Waals surface area contributed by atoms with Crippen molar-refractivity contribution in [1.29, 1.82) is 0 Å². The molecular formula is C39H56N4O3. The average molecular weight is 629 g/mol. The maximum atomic E-state index is 14.6. The number of aryl methyl sites for hydroxylation is 2. The lowest BCUT2D eigenvalue weighted by Crippen LogP contribution is -2.67. The van der Waals surface area contributed by atoms with Gasteiger partial charge in [-0.05, 0) is 131 Å². The van der Waals surface area contributed by atoms with Gasteiger partial charge in [-0.15, -0.1) is 0 Å². The quantitative estimate of drug-likeness (QED) is 0.317. The number of hydrogen-bond acceptors (Lipinski definition) is 5. The van der Waals surface area contributed by atoms with E-state index in [2.05, 4.69) is 58.1 Å². The van der Waals surface area contributed by atoms with Crippen LogP contribution >= 0.6 is 0 Å². The lowest BCUT2D eigenvalue weighted by Gasteiger charge is -2.72. The zero-order chi connectivity index (χ0) is 33.0. The first-order valence-corrected chi connectivity index (χ1v) is 18.0. The summed E-state index contributed by atoms with van der Waals surface area (Å²) < 4.78 is 9.68. The fraction of sp³-hybridized carbons (Fsp3) is 0.744. The molecule has 0 radical (unpaired) electrons. The average Bonchev–Trinajstić information content (AvgIpc) is 3.73. The number of rotatable bonds is 3. The van der Waals surface area contributed by atoms with Crippen LogP contribution < -0.4 is 0 Å². The first kappa shape index (κ1) is 31.9. The number of carbonyl (C=O) groups is 2. The molecule has 0 aliphatic heterocycles. The largest absolute Gasteiger partial charge is 0.445 e. The molecule has 0 bridgehead atoms. The number of allylic oxidation sites excluding steroid dienone is 1. The summed E-state index contributed by atoms with van der Waals surface area (Å²) in [4.78, 5) is 36.4. The Bertz CT molecular complexity index is 1570. The van der Waals surface area contributed by atoms with E-state index in [0.29, 0.717) is 35.4 Å². The van der Waals surface area contributed by atoms with E-state index in [1.807, 2.05) is 24.6 Å². The van der Waals surface area contributed by atoms with Crippen molar-refractivity contribution in [2.45, 2.75) is 126 Å². The van der Waals surface area contributed by atoms with Crippen molar-refractivity contribution < 1.29 is 14.3 Å². The minimum Gasteiger partial charge on any atom is -0.445 e. The second kappa shape index (κ2) is 10.4. The van der Waals surface area contributed by atoms with Gasteiger partial charge in [-0.25, -0.2) is 19.3 Å². The Balaban J connectivity index is 1.20. The highest BCUT2D eigenvalue weighted by Gasteiger charge is 2.72. The summed E-state index contributed by atoms with van der Waals surface area (Å²) in [7, 11) is 0. The van der Waals surface area contributed by atoms with Gasteiger partial charge in [-0.1, -0.05) is 46.8 Å². The number of nitrogens with zero attached hydrogens (tertiary/aromatic N) is 4. The lowest BCUT2D eigenvalue weighted by molar-refractivity contribution is -0.244. The third-order valence-corrected chi connectivity index (χ3v) is 15.7. The van der Waals surface area contributed by atoms with Crippen molar-refractivity contribution in [3.63, 3.8) is 0 Å². The van der Waals surface area contributed by atoms with Crippen molar-refractivity contribution in [3.8, 4) is 0 Å². The Kier molecular flexibility index (Phi) is 7.21. The van der Waals surface area contributed by atoms with Gasteiger partial charge in [0, 0.05) is 30.2 Å². The van der Waals surface area contributed by atoms with Gasteiger partial charge >= 0.3 is 6.09 Å². The van der Waals surface area contributed by atoms with Crippen molar-refractivity contribution in [3.05, 3.63) is 48.6 Å². The highest BCUT2D eigenvalue weighted by atomic mass is 16.6. The first-order valence-electron chi connectivity index (χ1n) is 18.0. The molecule has 5 saturated carbocycles. The number of imidazole rings is 2. The minimum absolute atomic E-state index is 0.112. The van der Waals surface area contributed by atoms with Crippen LogP contribution in [-0.2, 0) is 4.74 Å². The number of carbonyl (C=O) groups excluding carboxylic acids is 2. The van der Waals surface area contributed by atoms with Crippen LogP contribution in [0.3, 0.4) is 0 Å². The molecule has 0 amide bonds. The van der Waals surface area contributed by atoms with Crippen molar-refractivity contribution >= 4 is 12.0 Å². The van der Waals surface area contributed by atoms with Gasteiger partial charge in [0.1, 0.15) is 17.8 Å². The molecule has 0 spiro atoms. The zero-order valence-electron chi connectivity index (χ0n) is 29.6. The van der Waals surface area contributed by atoms with E-state index >= 15 is 0 Å². The zero-order valence-corrected chi connectivity index (χ0v) is 29.6. The Morgan fingerprint density at radius 2 is 1.48 bits per heavy atom. The SMILES string of the molecule is C=C(C)[C@@H]1CC[C@]2(C(=O)n3ccnc3C)CC[C@]3(C)[C@H](CCC4[C@@]5(C)CC[C@H](OC(=O)n6ccnc6C)C(C)(C)[C@@H]5CC[C@]43C)[C@@H]12. The van der Waals surface area contributed by atoms with E-state index in [4.69, 9.17) is 4.74 Å². The Morgan fingerprint density at radius 3 is 2.11 bits per heavy atom. The Labute approximate surface area is 276 Å². The van der Waals surface area contributed by atoms with Crippen LogP contribution in [0.2, 0.25) is 0 Å². The van der Waals surface area contributed by atoms with Gasteiger partial charge < -0.3 is 4.74 Å². The van der Waals surface area contributed by atoms with E-state index in [-0.39, 0.29) is 45.2 Å². The molecule has 5 aliphatic rings. The summed E-state index contributed by atoms with van der Waals surface area (Å²) >= 11 is 0. The fourth-order valence-electron chi connectivity index (χ4n) is 13.3. The third-order valence-electron chi connectivity index (χ3n) is 15.7. The highest BCUT2D eigenvalue weighted by molar-refractivity contribution is 5.86. The number of hydrogen-bond donors (Lipinski definition) is 0. The molecule has 2 aromatic rings. The molecule has 2 aromatic heterocycles. The first-order chi connectivity index (χ1) is 21.6. The highest BCUT2D eigenvalue weighted by Crippen LogP contribution is 2.77. The summed E-state index contributed by atoms with van der Waals surface area (Å²) in [6.07, 6.45) is 17.4. The summed E-state index contributed by atoms with van der Waals surface area (Å²) in [5.41, 5.74) is 1.34. The Hall–Kier alpha value is -2.70. The Morgan fingerprint density at radius 1 is 0.804 bits per heavy atom. The van der Waals surface area contributed by atoms with Gasteiger partial charge in [0.25, 0.3) is 0 Å². The van der Waals surface area contributed by atoms with Crippen LogP contribution in [0.1, 0.15) is 122 Å². The second-order valence-electron chi connectivity index (χ2n) is 17.6. The van der Waals surface area contributed by atoms with E-state index in [0.717, 1.165) is 50.8 Å². The molecule has 10 atom stereocenters. The van der Waals surface area contributed by atoms with Gasteiger partial charge in [0.05, 0.1) is 5.41 Å². The van der Waals surface area contributed by atoms with E-state index in [1.54, 1.807) is 18.6 Å². The number of fused-ring (bicyclic) bond motifs is 7. The topological polar surface area (TPSA) is 79.0 Å². The summed E-state index contributed by atoms with van der Waals surface area (Å²) in [6.45, 7) is 23.1. The van der Waals surface area contributed by atoms with Gasteiger partial charge in [-0.3, -0.25) is 9.36 Å². The van der Waals surface area contributed by atoms with Crippen molar-refractivity contribution in [2.24, 2.45) is 56.7 Å². The number of ether oxygens (including phenoxy) is 1. The maximum absolute atomic E-state index is 14.6. The van der Waals surface area contributed by atoms with E-state index < -0.39 is 0 Å². The van der Waals surface area contributed by atoms with Crippen LogP contribution in [0.4, 0.5) is 4.79 Å². The van der Waals surface area contributed by atoms with E-state index in [1.165, 1.54) is 29.4 Å². The molecule has 0 aromatic carbocycles. The summed E-state index contributed by atoms with van der Waals surface area (Å²) in [6, 6.07) is 0. The standard InChI is InChI=1S/C39H56N4O3/c1-24(2)27-12-17-39(33(44)42-22-20-40-25(42)3)19-18-37(8)28(32(27)39)10-11-30-36(7)15-14-31(46-34(45)43-23-21-41-26(43)4)35(5,6)29(36)13-16-38(30,37)9/h20-23,27-32H,1,10-19H2,2-9H3/t27-,28+,29-,30?,31-,32+,36-,37+,38+,39-/m0/s1. The molecule has 7 rings (SSSR count). The molecule has 2 heterocycles. The monoisotopic (exact) mass is 628 g/mol. The normalized spacial score (nSPS) is 42.7. The van der Waals surface area contributed by atoms with Crippen LogP contribution in [-0.4, -0.2) is 37.2 Å². The molecule has 46 heavy (non-hydrogen) atoms. The second-order valence-corrected chi connectivity index (χ2v) is 17.6. The van der Waals surface area contributed by atoms with Crippen LogP contribution in [0.25, 0.3) is 0 Å². The predicted molar refractivity (Wildman–Crippen MR) is 179 cm³/mol. The fourth-order valence-corrected chi connectivity index (χ4v) is 13.3. The lowest BCUT2D eigenvalue weighted by atomic mass is 9.32. The van der Waals surface area contributed by atoms with Crippen LogP contribution in [0.15, 0.2) is 36.9 Å². The van der Waals surface area contributed by atoms with Crippen molar-refractivity contribution in [2.75, 3.05) is 0 Å². The summed E-state index contributed by atoms with van der Waals surface area (Å²) in [5, 5.41) is 0. The molecule has 0 N–H and O–H groups in total. The molecular weight excluding hydrogens is 572 g/mol. The van der Waals surface area contributed by atoms with Gasteiger partial charge in [0.2, 0.25) is 5.91 Å². The molecule has 5 aliphatic carbocycles. The smallest absolute Gasteiger partial charge is 0.419 e. The number of aromatic nitrogens is 4. The van der Waals surface area contributed by atoms with Gasteiger partial charge in [0.15, 0.2) is 0 Å².